The smallest absolute Gasteiger partial charge is 0.338 e. The Morgan fingerprint density at radius 2 is 1.59 bits per heavy atom. The third-order valence-corrected chi connectivity index (χ3v) is 3.41. The topological polar surface area (TPSA) is 46.5 Å². The van der Waals surface area contributed by atoms with Crippen LogP contribution in [0.3, 0.4) is 0 Å². The zero-order valence-corrected chi connectivity index (χ0v) is 12.8. The average molecular weight is 296 g/mol. The van der Waals surface area contributed by atoms with Crippen LogP contribution in [0.15, 0.2) is 66.2 Å². The largest absolute Gasteiger partial charge is 0.456 e. The summed E-state index contributed by atoms with van der Waals surface area (Å²) >= 11 is 0. The number of carbonyl (C=O) groups is 1. The van der Waals surface area contributed by atoms with Crippen molar-refractivity contribution in [3.05, 3.63) is 77.4 Å². The number of esters is 1. The highest BCUT2D eigenvalue weighted by Gasteiger charge is 2.20. The standard InChI is InChI=1S/C19H20O3/c1-14(13-16-9-5-3-6-10-16)18(20)15(2)22-19(21)17-11-7-4-8-12-17/h3-13,15,18,20H,1-2H3/b14-13+/t15-,18+/m0/s1. The molecular weight excluding hydrogens is 276 g/mol. The zero-order valence-electron chi connectivity index (χ0n) is 12.8. The van der Waals surface area contributed by atoms with Gasteiger partial charge in [0.25, 0.3) is 0 Å². The minimum Gasteiger partial charge on any atom is -0.456 e. The number of aliphatic hydroxyl groups is 1. The van der Waals surface area contributed by atoms with Gasteiger partial charge in [-0.3, -0.25) is 0 Å². The molecule has 3 nitrogen and oxygen atoms in total. The predicted octanol–water partition coefficient (Wildman–Crippen LogP) is 3.70. The average Bonchev–Trinajstić information content (AvgIpc) is 2.55. The normalized spacial score (nSPS) is 14.2. The van der Waals surface area contributed by atoms with Gasteiger partial charge in [0, 0.05) is 0 Å². The summed E-state index contributed by atoms with van der Waals surface area (Å²) < 4.78 is 5.33. The van der Waals surface area contributed by atoms with Crippen LogP contribution >= 0.6 is 0 Å². The van der Waals surface area contributed by atoms with Crippen molar-refractivity contribution in [1.29, 1.82) is 0 Å². The molecule has 0 spiro atoms. The first-order valence-electron chi connectivity index (χ1n) is 7.25. The molecule has 0 unspecified atom stereocenters. The fourth-order valence-electron chi connectivity index (χ4n) is 2.14. The van der Waals surface area contributed by atoms with Crippen LogP contribution in [0.5, 0.6) is 0 Å². The van der Waals surface area contributed by atoms with E-state index in [0.29, 0.717) is 5.56 Å². The van der Waals surface area contributed by atoms with E-state index in [2.05, 4.69) is 0 Å². The fourth-order valence-corrected chi connectivity index (χ4v) is 2.14. The van der Waals surface area contributed by atoms with Crippen LogP contribution in [-0.4, -0.2) is 23.3 Å². The Hall–Kier alpha value is -2.39. The summed E-state index contributed by atoms with van der Waals surface area (Å²) in [4.78, 5) is 12.0. The highest BCUT2D eigenvalue weighted by molar-refractivity contribution is 5.89. The predicted molar refractivity (Wildman–Crippen MR) is 87.4 cm³/mol. The van der Waals surface area contributed by atoms with E-state index in [4.69, 9.17) is 4.74 Å². The molecule has 22 heavy (non-hydrogen) atoms. The van der Waals surface area contributed by atoms with Crippen molar-refractivity contribution < 1.29 is 14.6 Å². The second-order valence-corrected chi connectivity index (χ2v) is 5.22. The number of rotatable bonds is 5. The van der Waals surface area contributed by atoms with E-state index in [1.807, 2.05) is 49.4 Å². The molecule has 0 heterocycles. The van der Waals surface area contributed by atoms with Gasteiger partial charge in [0.2, 0.25) is 0 Å². The molecule has 2 aromatic rings. The second kappa shape index (κ2) is 7.57. The van der Waals surface area contributed by atoms with Gasteiger partial charge in [0.15, 0.2) is 0 Å². The second-order valence-electron chi connectivity index (χ2n) is 5.22. The minimum atomic E-state index is -0.840. The Bertz CT molecular complexity index is 632. The summed E-state index contributed by atoms with van der Waals surface area (Å²) in [6.07, 6.45) is 0.429. The van der Waals surface area contributed by atoms with Crippen molar-refractivity contribution in [3.63, 3.8) is 0 Å². The number of hydrogen-bond acceptors (Lipinski definition) is 3. The molecule has 0 saturated carbocycles. The van der Waals surface area contributed by atoms with Gasteiger partial charge in [0.05, 0.1) is 5.56 Å². The molecule has 0 radical (unpaired) electrons. The first-order valence-corrected chi connectivity index (χ1v) is 7.25. The monoisotopic (exact) mass is 296 g/mol. The van der Waals surface area contributed by atoms with Gasteiger partial charge in [0.1, 0.15) is 12.2 Å². The summed E-state index contributed by atoms with van der Waals surface area (Å²) in [6, 6.07) is 18.5. The molecule has 114 valence electrons. The molecule has 0 fully saturated rings. The van der Waals surface area contributed by atoms with E-state index in [0.717, 1.165) is 11.1 Å². The van der Waals surface area contributed by atoms with E-state index < -0.39 is 18.2 Å². The highest BCUT2D eigenvalue weighted by Crippen LogP contribution is 2.15. The Balaban J connectivity index is 2.01. The van der Waals surface area contributed by atoms with E-state index in [1.54, 1.807) is 31.2 Å². The molecule has 0 aliphatic carbocycles. The Kier molecular flexibility index (Phi) is 5.50. The van der Waals surface area contributed by atoms with Crippen LogP contribution < -0.4 is 0 Å². The van der Waals surface area contributed by atoms with Gasteiger partial charge >= 0.3 is 5.97 Å². The van der Waals surface area contributed by atoms with Crippen molar-refractivity contribution >= 4 is 12.0 Å². The first kappa shape index (κ1) is 16.0. The highest BCUT2D eigenvalue weighted by atomic mass is 16.6. The van der Waals surface area contributed by atoms with Gasteiger partial charge < -0.3 is 9.84 Å². The maximum atomic E-state index is 12.0. The van der Waals surface area contributed by atoms with Crippen LogP contribution in [0.25, 0.3) is 6.08 Å². The molecule has 2 aromatic carbocycles. The van der Waals surface area contributed by atoms with Gasteiger partial charge in [-0.2, -0.15) is 0 Å². The zero-order chi connectivity index (χ0) is 15.9. The molecule has 0 aliphatic rings. The number of ether oxygens (including phenoxy) is 1. The number of hydrogen-bond donors (Lipinski definition) is 1. The lowest BCUT2D eigenvalue weighted by atomic mass is 10.0. The Morgan fingerprint density at radius 3 is 2.18 bits per heavy atom. The van der Waals surface area contributed by atoms with Gasteiger partial charge in [-0.15, -0.1) is 0 Å². The van der Waals surface area contributed by atoms with Crippen LogP contribution in [0.4, 0.5) is 0 Å². The van der Waals surface area contributed by atoms with Crippen molar-refractivity contribution in [3.8, 4) is 0 Å². The molecule has 0 amide bonds. The number of aliphatic hydroxyl groups excluding tert-OH is 1. The van der Waals surface area contributed by atoms with Crippen molar-refractivity contribution in [2.45, 2.75) is 26.1 Å². The van der Waals surface area contributed by atoms with E-state index in [1.165, 1.54) is 0 Å². The van der Waals surface area contributed by atoms with Crippen LogP contribution in [0, 0.1) is 0 Å². The quantitative estimate of drug-likeness (QED) is 0.856. The lowest BCUT2D eigenvalue weighted by molar-refractivity contribution is 0.000639. The van der Waals surface area contributed by atoms with E-state index in [-0.39, 0.29) is 0 Å². The summed E-state index contributed by atoms with van der Waals surface area (Å²) in [5.74, 6) is -0.431. The molecule has 2 atom stereocenters. The molecule has 2 rings (SSSR count). The van der Waals surface area contributed by atoms with Crippen molar-refractivity contribution in [2.24, 2.45) is 0 Å². The van der Waals surface area contributed by atoms with Crippen molar-refractivity contribution in [2.75, 3.05) is 0 Å². The summed E-state index contributed by atoms with van der Waals surface area (Å²) in [7, 11) is 0. The fraction of sp³-hybridized carbons (Fsp3) is 0.211. The first-order chi connectivity index (χ1) is 10.6. The Labute approximate surface area is 130 Å². The molecule has 0 aromatic heterocycles. The Morgan fingerprint density at radius 1 is 1.05 bits per heavy atom. The van der Waals surface area contributed by atoms with Crippen LogP contribution in [0.1, 0.15) is 29.8 Å². The lowest BCUT2D eigenvalue weighted by Crippen LogP contribution is -2.29. The summed E-state index contributed by atoms with van der Waals surface area (Å²) in [5, 5.41) is 10.3. The van der Waals surface area contributed by atoms with Crippen LogP contribution in [0.2, 0.25) is 0 Å². The minimum absolute atomic E-state index is 0.431. The van der Waals surface area contributed by atoms with E-state index >= 15 is 0 Å². The van der Waals surface area contributed by atoms with Gasteiger partial charge in [-0.05, 0) is 37.1 Å². The third kappa shape index (κ3) is 4.30. The molecule has 1 N–H and O–H groups in total. The van der Waals surface area contributed by atoms with Crippen molar-refractivity contribution in [1.82, 2.24) is 0 Å². The third-order valence-electron chi connectivity index (χ3n) is 3.41. The summed E-state index contributed by atoms with van der Waals surface area (Å²) in [5.41, 5.74) is 2.23. The molecular formula is C19H20O3. The molecule has 0 saturated heterocycles. The van der Waals surface area contributed by atoms with E-state index in [9.17, 15) is 9.90 Å². The van der Waals surface area contributed by atoms with Gasteiger partial charge in [-0.25, -0.2) is 4.79 Å². The van der Waals surface area contributed by atoms with Crippen LogP contribution in [-0.2, 0) is 4.74 Å². The maximum absolute atomic E-state index is 12.0. The lowest BCUT2D eigenvalue weighted by Gasteiger charge is -2.20. The number of carbonyl (C=O) groups excluding carboxylic acids is 1. The van der Waals surface area contributed by atoms with Gasteiger partial charge in [-0.1, -0.05) is 54.6 Å². The molecule has 0 bridgehead atoms. The maximum Gasteiger partial charge on any atom is 0.338 e. The molecule has 0 aliphatic heterocycles. The summed E-state index contributed by atoms with van der Waals surface area (Å²) in [6.45, 7) is 3.51. The molecule has 3 heteroatoms. The SMILES string of the molecule is C/C(=C\c1ccccc1)[C@@H](O)[C@H](C)OC(=O)c1ccccc1. The number of benzene rings is 2.